The van der Waals surface area contributed by atoms with Crippen LogP contribution in [0.25, 0.3) is 11.8 Å². The van der Waals surface area contributed by atoms with Crippen LogP contribution in [0.4, 0.5) is 10.5 Å². The Bertz CT molecular complexity index is 1290. The topological polar surface area (TPSA) is 81.1 Å². The van der Waals surface area contributed by atoms with Crippen LogP contribution in [0, 0.1) is 13.8 Å². The van der Waals surface area contributed by atoms with Crippen molar-refractivity contribution in [2.24, 2.45) is 0 Å². The van der Waals surface area contributed by atoms with Crippen molar-refractivity contribution in [2.75, 3.05) is 32.3 Å². The van der Waals surface area contributed by atoms with E-state index in [9.17, 15) is 14.4 Å². The highest BCUT2D eigenvalue weighted by Gasteiger charge is 2.42. The van der Waals surface area contributed by atoms with Gasteiger partial charge in [-0.05, 0) is 68.0 Å². The molecule has 180 valence electrons. The van der Waals surface area contributed by atoms with Gasteiger partial charge in [-0.1, -0.05) is 18.2 Å². The number of nitrogens with zero attached hydrogens (tertiary/aromatic N) is 3. The molecule has 4 rings (SSSR count). The number of carbonyl (C=O) groups excluding carboxylic acids is 3. The second-order valence-electron chi connectivity index (χ2n) is 8.13. The van der Waals surface area contributed by atoms with Gasteiger partial charge in [-0.2, -0.15) is 0 Å². The van der Waals surface area contributed by atoms with Gasteiger partial charge in [0.1, 0.15) is 11.3 Å². The van der Waals surface area contributed by atoms with E-state index >= 15 is 0 Å². The molecule has 0 atom stereocenters. The summed E-state index contributed by atoms with van der Waals surface area (Å²) in [6.07, 6.45) is 1.56. The summed E-state index contributed by atoms with van der Waals surface area (Å²) in [6.45, 7) is 4.07. The fourth-order valence-electron chi connectivity index (χ4n) is 4.18. The number of amides is 4. The average Bonchev–Trinajstić information content (AvgIpc) is 3.15. The fourth-order valence-corrected chi connectivity index (χ4v) is 4.18. The summed E-state index contributed by atoms with van der Waals surface area (Å²) in [7, 11) is 3.10. The minimum Gasteiger partial charge on any atom is -0.497 e. The molecule has 8 heteroatoms. The standard InChI is InChI=1S/C27H27N3O5/c1-18-16-20(19(2)29(18)22-10-12-23(35-4)13-11-22)17-24-25(31)28(14-15-34-3)27(33)30(26(24)32)21-8-6-5-7-9-21/h5-13,16-17H,14-15H2,1-4H3/b24-17-. The molecule has 2 aromatic carbocycles. The Morgan fingerprint density at radius 2 is 1.54 bits per heavy atom. The largest absolute Gasteiger partial charge is 0.497 e. The van der Waals surface area contributed by atoms with Crippen molar-refractivity contribution in [3.8, 4) is 11.4 Å². The van der Waals surface area contributed by atoms with Crippen LogP contribution in [0.5, 0.6) is 5.75 Å². The third-order valence-corrected chi connectivity index (χ3v) is 5.97. The molecule has 0 radical (unpaired) electrons. The van der Waals surface area contributed by atoms with Crippen molar-refractivity contribution in [3.05, 3.63) is 83.2 Å². The van der Waals surface area contributed by atoms with E-state index in [-0.39, 0.29) is 18.7 Å². The molecule has 0 unspecified atom stereocenters. The molecule has 1 aliphatic rings. The van der Waals surface area contributed by atoms with E-state index in [1.165, 1.54) is 7.11 Å². The summed E-state index contributed by atoms with van der Waals surface area (Å²) in [5.74, 6) is -0.550. The number of aromatic nitrogens is 1. The minimum absolute atomic E-state index is 0.0347. The molecule has 0 bridgehead atoms. The maximum atomic E-state index is 13.5. The molecule has 0 aliphatic carbocycles. The quantitative estimate of drug-likeness (QED) is 0.381. The lowest BCUT2D eigenvalue weighted by molar-refractivity contribution is -0.129. The lowest BCUT2D eigenvalue weighted by Gasteiger charge is -2.33. The lowest BCUT2D eigenvalue weighted by atomic mass is 10.1. The number of urea groups is 1. The van der Waals surface area contributed by atoms with Gasteiger partial charge >= 0.3 is 6.03 Å². The number of methoxy groups -OCH3 is 2. The number of imide groups is 2. The van der Waals surface area contributed by atoms with E-state index in [0.29, 0.717) is 11.3 Å². The van der Waals surface area contributed by atoms with E-state index in [1.807, 2.05) is 48.7 Å². The van der Waals surface area contributed by atoms with Crippen LogP contribution in [0.3, 0.4) is 0 Å². The molecule has 4 amide bonds. The Kier molecular flexibility index (Phi) is 6.84. The van der Waals surface area contributed by atoms with Crippen LogP contribution in [-0.4, -0.2) is 54.7 Å². The number of hydrogen-bond acceptors (Lipinski definition) is 5. The normalized spacial score (nSPS) is 15.3. The number of benzene rings is 2. The van der Waals surface area contributed by atoms with Gasteiger partial charge in [0.25, 0.3) is 11.8 Å². The maximum Gasteiger partial charge on any atom is 0.338 e. The first-order valence-electron chi connectivity index (χ1n) is 11.2. The number of carbonyl (C=O) groups is 3. The number of para-hydroxylation sites is 1. The molecule has 1 aromatic heterocycles. The molecule has 35 heavy (non-hydrogen) atoms. The predicted octanol–water partition coefficient (Wildman–Crippen LogP) is 4.13. The average molecular weight is 474 g/mol. The molecule has 1 aliphatic heterocycles. The molecule has 1 fully saturated rings. The summed E-state index contributed by atoms with van der Waals surface area (Å²) in [4.78, 5) is 41.9. The van der Waals surface area contributed by atoms with Gasteiger partial charge in [-0.25, -0.2) is 9.69 Å². The van der Waals surface area contributed by atoms with E-state index in [1.54, 1.807) is 43.5 Å². The summed E-state index contributed by atoms with van der Waals surface area (Å²) < 4.78 is 12.4. The summed E-state index contributed by atoms with van der Waals surface area (Å²) in [5.41, 5.74) is 3.74. The molecule has 8 nitrogen and oxygen atoms in total. The minimum atomic E-state index is -0.691. The van der Waals surface area contributed by atoms with Crippen molar-refractivity contribution < 1.29 is 23.9 Å². The number of hydrogen-bond donors (Lipinski definition) is 0. The summed E-state index contributed by atoms with van der Waals surface area (Å²) in [5, 5.41) is 0. The van der Waals surface area contributed by atoms with Gasteiger partial charge in [0.15, 0.2) is 0 Å². The first-order valence-corrected chi connectivity index (χ1v) is 11.2. The van der Waals surface area contributed by atoms with Gasteiger partial charge in [0.05, 0.1) is 25.9 Å². The van der Waals surface area contributed by atoms with Crippen LogP contribution < -0.4 is 9.64 Å². The molecule has 3 aromatic rings. The maximum absolute atomic E-state index is 13.5. The SMILES string of the molecule is COCCN1C(=O)/C(=C/c2cc(C)n(-c3ccc(OC)cc3)c2C)C(=O)N(c2ccccc2)C1=O. The van der Waals surface area contributed by atoms with Gasteiger partial charge in [-0.15, -0.1) is 0 Å². The van der Waals surface area contributed by atoms with Crippen LogP contribution in [-0.2, 0) is 14.3 Å². The zero-order chi connectivity index (χ0) is 25.1. The predicted molar refractivity (Wildman–Crippen MR) is 133 cm³/mol. The van der Waals surface area contributed by atoms with Crippen LogP contribution in [0.15, 0.2) is 66.2 Å². The Hall–Kier alpha value is -4.17. The highest BCUT2D eigenvalue weighted by molar-refractivity contribution is 6.39. The molecule has 1 saturated heterocycles. The second kappa shape index (κ2) is 9.99. The third kappa shape index (κ3) is 4.48. The van der Waals surface area contributed by atoms with Gasteiger partial charge in [-0.3, -0.25) is 14.5 Å². The van der Waals surface area contributed by atoms with Crippen LogP contribution in [0.1, 0.15) is 17.0 Å². The van der Waals surface area contributed by atoms with Gasteiger partial charge in [0.2, 0.25) is 0 Å². The highest BCUT2D eigenvalue weighted by atomic mass is 16.5. The van der Waals surface area contributed by atoms with E-state index in [2.05, 4.69) is 0 Å². The number of anilines is 1. The van der Waals surface area contributed by atoms with Crippen LogP contribution in [0.2, 0.25) is 0 Å². The van der Waals surface area contributed by atoms with E-state index in [4.69, 9.17) is 9.47 Å². The zero-order valence-corrected chi connectivity index (χ0v) is 20.1. The van der Waals surface area contributed by atoms with Gasteiger partial charge < -0.3 is 14.0 Å². The highest BCUT2D eigenvalue weighted by Crippen LogP contribution is 2.28. The second-order valence-corrected chi connectivity index (χ2v) is 8.13. The number of ether oxygens (including phenoxy) is 2. The first-order chi connectivity index (χ1) is 16.9. The Morgan fingerprint density at radius 3 is 2.17 bits per heavy atom. The first kappa shape index (κ1) is 24.0. The van der Waals surface area contributed by atoms with E-state index < -0.39 is 17.8 Å². The van der Waals surface area contributed by atoms with Gasteiger partial charge in [0, 0.05) is 24.2 Å². The third-order valence-electron chi connectivity index (χ3n) is 5.97. The van der Waals surface area contributed by atoms with Crippen molar-refractivity contribution in [1.82, 2.24) is 9.47 Å². The Morgan fingerprint density at radius 1 is 0.857 bits per heavy atom. The number of aryl methyl sites for hydroxylation is 1. The van der Waals surface area contributed by atoms with Crippen LogP contribution >= 0.6 is 0 Å². The molecule has 0 N–H and O–H groups in total. The molecule has 2 heterocycles. The Balaban J connectivity index is 1.79. The molecular formula is C27H27N3O5. The lowest BCUT2D eigenvalue weighted by Crippen LogP contribution is -2.57. The number of rotatable bonds is 7. The van der Waals surface area contributed by atoms with Crippen molar-refractivity contribution >= 4 is 29.6 Å². The Labute approximate surface area is 204 Å². The van der Waals surface area contributed by atoms with E-state index in [0.717, 1.165) is 32.6 Å². The van der Waals surface area contributed by atoms with Crippen molar-refractivity contribution in [2.45, 2.75) is 13.8 Å². The van der Waals surface area contributed by atoms with Crippen molar-refractivity contribution in [3.63, 3.8) is 0 Å². The summed E-state index contributed by atoms with van der Waals surface area (Å²) in [6, 6.07) is 17.4. The zero-order valence-electron chi connectivity index (χ0n) is 20.1. The summed E-state index contributed by atoms with van der Waals surface area (Å²) >= 11 is 0. The van der Waals surface area contributed by atoms with Crippen molar-refractivity contribution in [1.29, 1.82) is 0 Å². The number of barbiturate groups is 1. The molecular weight excluding hydrogens is 446 g/mol. The monoisotopic (exact) mass is 473 g/mol. The molecule has 0 spiro atoms. The molecule has 0 saturated carbocycles. The fraction of sp³-hybridized carbons (Fsp3) is 0.222. The smallest absolute Gasteiger partial charge is 0.338 e.